The summed E-state index contributed by atoms with van der Waals surface area (Å²) in [6.07, 6.45) is 1.53. The fraction of sp³-hybridized carbons (Fsp3) is 0.231. The van der Waals surface area contributed by atoms with Crippen molar-refractivity contribution >= 4 is 17.8 Å². The molecule has 0 aliphatic heterocycles. The maximum atomic E-state index is 12.0. The molecule has 3 aromatic carbocycles. The topological polar surface area (TPSA) is 69.2 Å². The first-order valence-corrected chi connectivity index (χ1v) is 10.5. The zero-order valence-electron chi connectivity index (χ0n) is 18.6. The normalized spacial score (nSPS) is 10.7. The minimum absolute atomic E-state index is 0.180. The van der Waals surface area contributed by atoms with Crippen LogP contribution in [0, 0.1) is 13.8 Å². The van der Waals surface area contributed by atoms with Crippen LogP contribution in [-0.4, -0.2) is 25.3 Å². The lowest BCUT2D eigenvalue weighted by Crippen LogP contribution is -2.16. The third kappa shape index (κ3) is 7.16. The Morgan fingerprint density at radius 3 is 2.28 bits per heavy atom. The Labute approximate surface area is 188 Å². The number of hydrogen-bond acceptors (Lipinski definition) is 5. The Balaban J connectivity index is 1.53. The minimum Gasteiger partial charge on any atom is -0.490 e. The molecule has 32 heavy (non-hydrogen) atoms. The lowest BCUT2D eigenvalue weighted by Gasteiger charge is -2.12. The van der Waals surface area contributed by atoms with E-state index in [2.05, 4.69) is 29.5 Å². The van der Waals surface area contributed by atoms with Crippen molar-refractivity contribution in [2.75, 3.05) is 18.5 Å². The third-order valence-corrected chi connectivity index (χ3v) is 4.59. The molecule has 1 N–H and O–H groups in total. The van der Waals surface area contributed by atoms with E-state index in [1.165, 1.54) is 11.8 Å². The van der Waals surface area contributed by atoms with Gasteiger partial charge in [-0.05, 0) is 56.7 Å². The van der Waals surface area contributed by atoms with Gasteiger partial charge >= 0.3 is 0 Å². The summed E-state index contributed by atoms with van der Waals surface area (Å²) in [4.78, 5) is 17.1. The second-order valence-corrected chi connectivity index (χ2v) is 7.34. The van der Waals surface area contributed by atoms with Gasteiger partial charge in [-0.2, -0.15) is 0 Å². The highest BCUT2D eigenvalue weighted by molar-refractivity contribution is 5.91. The molecule has 1 amide bonds. The molecule has 0 aromatic heterocycles. The van der Waals surface area contributed by atoms with Gasteiger partial charge in [0.25, 0.3) is 5.91 Å². The molecule has 0 aliphatic carbocycles. The highest BCUT2D eigenvalue weighted by Gasteiger charge is 2.07. The van der Waals surface area contributed by atoms with Gasteiger partial charge in [0.05, 0.1) is 12.8 Å². The van der Waals surface area contributed by atoms with E-state index in [9.17, 15) is 4.79 Å². The van der Waals surface area contributed by atoms with Crippen LogP contribution in [-0.2, 0) is 16.2 Å². The molecular formula is C26H28N2O4. The molecule has 0 unspecified atom stereocenters. The smallest absolute Gasteiger partial charge is 0.265 e. The lowest BCUT2D eigenvalue weighted by molar-refractivity contribution is -0.120. The monoisotopic (exact) mass is 432 g/mol. The van der Waals surface area contributed by atoms with Crippen molar-refractivity contribution in [3.8, 4) is 11.5 Å². The number of ether oxygens (including phenoxy) is 2. The average molecular weight is 433 g/mol. The summed E-state index contributed by atoms with van der Waals surface area (Å²) in [5.74, 6) is 1.00. The number of nitrogens with zero attached hydrogens (tertiary/aromatic N) is 1. The molecular weight excluding hydrogens is 404 g/mol. The van der Waals surface area contributed by atoms with Gasteiger partial charge in [-0.15, -0.1) is 0 Å². The van der Waals surface area contributed by atoms with Crippen LogP contribution in [0.3, 0.4) is 0 Å². The summed E-state index contributed by atoms with van der Waals surface area (Å²) >= 11 is 0. The fourth-order valence-electron chi connectivity index (χ4n) is 2.87. The number of oxime groups is 1. The first kappa shape index (κ1) is 22.9. The van der Waals surface area contributed by atoms with Crippen molar-refractivity contribution in [3.05, 3.63) is 89.0 Å². The number of anilines is 1. The standard InChI is InChI=1S/C26H28N2O4/c1-4-30-25-15-22(11-14-24(25)31-17-21-9-5-19(2)6-10-21)16-27-32-18-26(29)28-23-12-7-20(3)8-13-23/h5-16H,4,17-18H2,1-3H3,(H,28,29)/b27-16+. The van der Waals surface area contributed by atoms with Gasteiger partial charge in [0.1, 0.15) is 6.61 Å². The Morgan fingerprint density at radius 2 is 1.59 bits per heavy atom. The van der Waals surface area contributed by atoms with Gasteiger partial charge in [-0.3, -0.25) is 4.79 Å². The molecule has 0 radical (unpaired) electrons. The van der Waals surface area contributed by atoms with Crippen LogP contribution < -0.4 is 14.8 Å². The summed E-state index contributed by atoms with van der Waals surface area (Å²) in [6.45, 7) is 6.74. The van der Waals surface area contributed by atoms with Crippen LogP contribution in [0.15, 0.2) is 71.9 Å². The zero-order valence-corrected chi connectivity index (χ0v) is 18.6. The second-order valence-electron chi connectivity index (χ2n) is 7.34. The predicted molar refractivity (Wildman–Crippen MR) is 126 cm³/mol. The van der Waals surface area contributed by atoms with Gasteiger partial charge in [-0.1, -0.05) is 52.7 Å². The van der Waals surface area contributed by atoms with Crippen molar-refractivity contribution in [2.24, 2.45) is 5.16 Å². The molecule has 0 bridgehead atoms. The molecule has 3 aromatic rings. The largest absolute Gasteiger partial charge is 0.490 e. The molecule has 0 saturated heterocycles. The molecule has 0 heterocycles. The Morgan fingerprint density at radius 1 is 0.906 bits per heavy atom. The number of nitrogens with one attached hydrogen (secondary N) is 1. The maximum Gasteiger partial charge on any atom is 0.265 e. The molecule has 0 fully saturated rings. The van der Waals surface area contributed by atoms with Gasteiger partial charge in [0, 0.05) is 11.3 Å². The van der Waals surface area contributed by atoms with Crippen LogP contribution in [0.25, 0.3) is 0 Å². The molecule has 0 saturated carbocycles. The summed E-state index contributed by atoms with van der Waals surface area (Å²) in [7, 11) is 0. The zero-order chi connectivity index (χ0) is 22.8. The number of aryl methyl sites for hydroxylation is 2. The number of hydrogen-bond donors (Lipinski definition) is 1. The summed E-state index contributed by atoms with van der Waals surface area (Å²) in [6, 6.07) is 21.3. The second kappa shape index (κ2) is 11.6. The number of rotatable bonds is 10. The average Bonchev–Trinajstić information content (AvgIpc) is 2.79. The molecule has 0 aliphatic rings. The van der Waals surface area contributed by atoms with Gasteiger partial charge in [0.15, 0.2) is 18.1 Å². The fourth-order valence-corrected chi connectivity index (χ4v) is 2.87. The molecule has 0 atom stereocenters. The number of benzene rings is 3. The first-order valence-electron chi connectivity index (χ1n) is 10.5. The number of carbonyl (C=O) groups is 1. The Hall–Kier alpha value is -3.80. The van der Waals surface area contributed by atoms with Gasteiger partial charge in [0.2, 0.25) is 0 Å². The van der Waals surface area contributed by atoms with E-state index in [1.807, 2.05) is 68.4 Å². The predicted octanol–water partition coefficient (Wildman–Crippen LogP) is 5.27. The summed E-state index contributed by atoms with van der Waals surface area (Å²) in [5.41, 5.74) is 4.91. The van der Waals surface area contributed by atoms with Crippen molar-refractivity contribution in [2.45, 2.75) is 27.4 Å². The minimum atomic E-state index is -0.277. The maximum absolute atomic E-state index is 12.0. The molecule has 0 spiro atoms. The van der Waals surface area contributed by atoms with E-state index in [0.717, 1.165) is 22.4 Å². The molecule has 3 rings (SSSR count). The van der Waals surface area contributed by atoms with Crippen molar-refractivity contribution < 1.29 is 19.1 Å². The lowest BCUT2D eigenvalue weighted by atomic mass is 10.2. The molecule has 166 valence electrons. The molecule has 6 nitrogen and oxygen atoms in total. The van der Waals surface area contributed by atoms with E-state index in [0.29, 0.717) is 24.7 Å². The van der Waals surface area contributed by atoms with E-state index < -0.39 is 0 Å². The van der Waals surface area contributed by atoms with Gasteiger partial charge < -0.3 is 19.6 Å². The van der Waals surface area contributed by atoms with E-state index >= 15 is 0 Å². The van der Waals surface area contributed by atoms with Crippen LogP contribution in [0.1, 0.15) is 29.2 Å². The number of amides is 1. The van der Waals surface area contributed by atoms with Gasteiger partial charge in [-0.25, -0.2) is 0 Å². The van der Waals surface area contributed by atoms with Crippen LogP contribution in [0.5, 0.6) is 11.5 Å². The third-order valence-electron chi connectivity index (χ3n) is 4.59. The molecule has 6 heteroatoms. The SMILES string of the molecule is CCOc1cc(/C=N/OCC(=O)Nc2ccc(C)cc2)ccc1OCc1ccc(C)cc1. The van der Waals surface area contributed by atoms with E-state index in [1.54, 1.807) is 0 Å². The Bertz CT molecular complexity index is 1040. The van der Waals surface area contributed by atoms with Crippen molar-refractivity contribution in [3.63, 3.8) is 0 Å². The highest BCUT2D eigenvalue weighted by atomic mass is 16.6. The highest BCUT2D eigenvalue weighted by Crippen LogP contribution is 2.29. The van der Waals surface area contributed by atoms with Crippen LogP contribution >= 0.6 is 0 Å². The number of carbonyl (C=O) groups excluding carboxylic acids is 1. The summed E-state index contributed by atoms with van der Waals surface area (Å²) < 4.78 is 11.7. The van der Waals surface area contributed by atoms with Crippen LogP contribution in [0.2, 0.25) is 0 Å². The van der Waals surface area contributed by atoms with E-state index in [-0.39, 0.29) is 12.5 Å². The summed E-state index contributed by atoms with van der Waals surface area (Å²) in [5, 5.41) is 6.65. The van der Waals surface area contributed by atoms with Crippen molar-refractivity contribution in [1.82, 2.24) is 0 Å². The Kier molecular flexibility index (Phi) is 8.26. The van der Waals surface area contributed by atoms with Crippen molar-refractivity contribution in [1.29, 1.82) is 0 Å². The van der Waals surface area contributed by atoms with Crippen LogP contribution in [0.4, 0.5) is 5.69 Å². The quantitative estimate of drug-likeness (QED) is 0.350. The first-order chi connectivity index (χ1) is 15.5. The van der Waals surface area contributed by atoms with E-state index in [4.69, 9.17) is 14.3 Å².